The molecule has 0 amide bonds. The highest BCUT2D eigenvalue weighted by Crippen LogP contribution is 2.39. The quantitative estimate of drug-likeness (QED) is 0.604. The van der Waals surface area contributed by atoms with Crippen LogP contribution in [0.4, 0.5) is 0 Å². The molecule has 2 nitrogen and oxygen atoms in total. The largest absolute Gasteiger partial charge is 0.234 e. The van der Waals surface area contributed by atoms with Crippen molar-refractivity contribution in [1.29, 1.82) is 0 Å². The maximum atomic E-state index is 12.2. The normalized spacial score (nSPS) is 21.8. The van der Waals surface area contributed by atoms with E-state index in [-0.39, 0.29) is 4.75 Å². The Kier molecular flexibility index (Phi) is 3.53. The van der Waals surface area contributed by atoms with Crippen molar-refractivity contribution < 1.29 is 4.21 Å². The molecule has 0 heterocycles. The van der Waals surface area contributed by atoms with Gasteiger partial charge in [0.05, 0.1) is 10.5 Å². The first-order valence-corrected chi connectivity index (χ1v) is 7.24. The summed E-state index contributed by atoms with van der Waals surface area (Å²) in [4.78, 5) is 0. The number of benzene rings is 1. The average molecular weight is 261 g/mol. The van der Waals surface area contributed by atoms with E-state index >= 15 is 0 Å². The molecular formula is C15H19NOS. The molecule has 18 heavy (non-hydrogen) atoms. The van der Waals surface area contributed by atoms with Gasteiger partial charge in [0, 0.05) is 5.92 Å². The van der Waals surface area contributed by atoms with Crippen molar-refractivity contribution in [3.05, 3.63) is 48.0 Å². The Labute approximate surface area is 111 Å². The molecule has 1 fully saturated rings. The summed E-state index contributed by atoms with van der Waals surface area (Å²) in [6, 6.07) is 9.98. The van der Waals surface area contributed by atoms with Gasteiger partial charge in [-0.25, -0.2) is 4.21 Å². The van der Waals surface area contributed by atoms with Gasteiger partial charge in [0.1, 0.15) is 11.0 Å². The molecule has 0 N–H and O–H groups in total. The van der Waals surface area contributed by atoms with Gasteiger partial charge in [-0.2, -0.15) is 4.40 Å². The molecule has 1 aromatic rings. The molecule has 1 aliphatic rings. The SMILES string of the molecule is C=C1CC1/C(=N\S(=O)C(C)(C)C)c1ccccc1. The zero-order valence-corrected chi connectivity index (χ0v) is 12.0. The molecule has 2 unspecified atom stereocenters. The zero-order valence-electron chi connectivity index (χ0n) is 11.1. The lowest BCUT2D eigenvalue weighted by atomic mass is 10.1. The van der Waals surface area contributed by atoms with Crippen LogP contribution in [0.15, 0.2) is 46.9 Å². The predicted molar refractivity (Wildman–Crippen MR) is 78.1 cm³/mol. The van der Waals surface area contributed by atoms with E-state index in [2.05, 4.69) is 11.0 Å². The van der Waals surface area contributed by atoms with E-state index < -0.39 is 11.0 Å². The summed E-state index contributed by atoms with van der Waals surface area (Å²) in [5, 5.41) is 0. The van der Waals surface area contributed by atoms with Gasteiger partial charge in [-0.3, -0.25) is 0 Å². The third kappa shape index (κ3) is 2.96. The highest BCUT2D eigenvalue weighted by atomic mass is 32.2. The molecule has 2 rings (SSSR count). The van der Waals surface area contributed by atoms with Gasteiger partial charge in [0.2, 0.25) is 0 Å². The zero-order chi connectivity index (χ0) is 13.3. The highest BCUT2D eigenvalue weighted by molar-refractivity contribution is 7.85. The van der Waals surface area contributed by atoms with E-state index in [1.54, 1.807) is 0 Å². The van der Waals surface area contributed by atoms with Crippen molar-refractivity contribution in [2.75, 3.05) is 0 Å². The Hall–Kier alpha value is -1.22. The first-order valence-electron chi connectivity index (χ1n) is 6.13. The fourth-order valence-corrected chi connectivity index (χ4v) is 2.33. The number of hydrogen-bond donors (Lipinski definition) is 0. The number of hydrogen-bond acceptors (Lipinski definition) is 1. The lowest BCUT2D eigenvalue weighted by Gasteiger charge is -2.15. The molecule has 2 atom stereocenters. The van der Waals surface area contributed by atoms with Crippen molar-refractivity contribution in [2.24, 2.45) is 10.3 Å². The molecule has 1 saturated carbocycles. The van der Waals surface area contributed by atoms with Crippen LogP contribution in [-0.2, 0) is 11.0 Å². The summed E-state index contributed by atoms with van der Waals surface area (Å²) in [7, 11) is -1.22. The van der Waals surface area contributed by atoms with Crippen molar-refractivity contribution in [3.63, 3.8) is 0 Å². The fourth-order valence-electron chi connectivity index (χ4n) is 1.65. The second kappa shape index (κ2) is 4.81. The van der Waals surface area contributed by atoms with Crippen molar-refractivity contribution >= 4 is 16.7 Å². The Bertz CT molecular complexity index is 511. The average Bonchev–Trinajstić information content (AvgIpc) is 3.02. The number of nitrogens with zero attached hydrogens (tertiary/aromatic N) is 1. The van der Waals surface area contributed by atoms with Crippen molar-refractivity contribution in [3.8, 4) is 0 Å². The molecule has 1 aliphatic carbocycles. The Balaban J connectivity index is 2.36. The van der Waals surface area contributed by atoms with Crippen LogP contribution in [-0.4, -0.2) is 14.7 Å². The molecule has 0 radical (unpaired) electrons. The smallest absolute Gasteiger partial charge is 0.145 e. The van der Waals surface area contributed by atoms with Crippen LogP contribution >= 0.6 is 0 Å². The van der Waals surface area contributed by atoms with E-state index in [0.717, 1.165) is 17.7 Å². The van der Waals surface area contributed by atoms with Crippen LogP contribution in [0.25, 0.3) is 0 Å². The molecule has 1 aromatic carbocycles. The molecule has 0 aromatic heterocycles. The molecule has 0 saturated heterocycles. The van der Waals surface area contributed by atoms with Crippen LogP contribution in [0.3, 0.4) is 0 Å². The van der Waals surface area contributed by atoms with E-state index in [0.29, 0.717) is 5.92 Å². The molecule has 96 valence electrons. The first-order chi connectivity index (χ1) is 8.39. The summed E-state index contributed by atoms with van der Waals surface area (Å²) in [6.07, 6.45) is 0.967. The van der Waals surface area contributed by atoms with Gasteiger partial charge >= 0.3 is 0 Å². The second-order valence-corrected chi connectivity index (χ2v) is 7.52. The van der Waals surface area contributed by atoms with Gasteiger partial charge in [-0.1, -0.05) is 42.5 Å². The van der Waals surface area contributed by atoms with Gasteiger partial charge in [-0.15, -0.1) is 0 Å². The third-order valence-corrected chi connectivity index (χ3v) is 4.31. The van der Waals surface area contributed by atoms with Gasteiger partial charge in [-0.05, 0) is 32.8 Å². The highest BCUT2D eigenvalue weighted by Gasteiger charge is 2.34. The van der Waals surface area contributed by atoms with E-state index in [9.17, 15) is 4.21 Å². The molecule has 0 bridgehead atoms. The molecule has 3 heteroatoms. The van der Waals surface area contributed by atoms with Crippen LogP contribution in [0, 0.1) is 5.92 Å². The molecule has 0 spiro atoms. The lowest BCUT2D eigenvalue weighted by Crippen LogP contribution is -2.21. The monoisotopic (exact) mass is 261 g/mol. The van der Waals surface area contributed by atoms with Gasteiger partial charge < -0.3 is 0 Å². The van der Waals surface area contributed by atoms with E-state index in [1.807, 2.05) is 51.1 Å². The van der Waals surface area contributed by atoms with Crippen molar-refractivity contribution in [2.45, 2.75) is 31.9 Å². The number of allylic oxidation sites excluding steroid dienone is 1. The lowest BCUT2D eigenvalue weighted by molar-refractivity contribution is 0.650. The Morgan fingerprint density at radius 2 is 1.89 bits per heavy atom. The standard InChI is InChI=1S/C15H19NOS/c1-11-10-13(11)14(12-8-6-5-7-9-12)16-18(17)15(2,3)4/h5-9,13H,1,10H2,2-4H3/b16-14-. The third-order valence-electron chi connectivity index (χ3n) is 2.90. The predicted octanol–water partition coefficient (Wildman–Crippen LogP) is 3.51. The summed E-state index contributed by atoms with van der Waals surface area (Å²) < 4.78 is 16.3. The minimum Gasteiger partial charge on any atom is -0.234 e. The first kappa shape index (κ1) is 13.2. The summed E-state index contributed by atoms with van der Waals surface area (Å²) in [5.41, 5.74) is 3.16. The minimum absolute atomic E-state index is 0.290. The van der Waals surface area contributed by atoms with Crippen LogP contribution in [0.1, 0.15) is 32.8 Å². The molecular weight excluding hydrogens is 242 g/mol. The maximum absolute atomic E-state index is 12.2. The van der Waals surface area contributed by atoms with Crippen LogP contribution < -0.4 is 0 Å². The van der Waals surface area contributed by atoms with Crippen LogP contribution in [0.2, 0.25) is 0 Å². The summed E-state index contributed by atoms with van der Waals surface area (Å²) in [6.45, 7) is 9.81. The van der Waals surface area contributed by atoms with Gasteiger partial charge in [0.25, 0.3) is 0 Å². The summed E-state index contributed by atoms with van der Waals surface area (Å²) >= 11 is 0. The van der Waals surface area contributed by atoms with Gasteiger partial charge in [0.15, 0.2) is 0 Å². The fraction of sp³-hybridized carbons (Fsp3) is 0.400. The Morgan fingerprint density at radius 1 is 1.33 bits per heavy atom. The Morgan fingerprint density at radius 3 is 2.33 bits per heavy atom. The second-order valence-electron chi connectivity index (χ2n) is 5.62. The van der Waals surface area contributed by atoms with E-state index in [4.69, 9.17) is 0 Å². The van der Waals surface area contributed by atoms with Crippen LogP contribution in [0.5, 0.6) is 0 Å². The number of rotatable bonds is 3. The maximum Gasteiger partial charge on any atom is 0.145 e. The minimum atomic E-state index is -1.22. The molecule has 0 aliphatic heterocycles. The topological polar surface area (TPSA) is 29.4 Å². The summed E-state index contributed by atoms with van der Waals surface area (Å²) in [5.74, 6) is 0.290. The van der Waals surface area contributed by atoms with E-state index in [1.165, 1.54) is 5.57 Å². The van der Waals surface area contributed by atoms with Crippen molar-refractivity contribution in [1.82, 2.24) is 0 Å².